The van der Waals surface area contributed by atoms with Gasteiger partial charge in [-0.15, -0.1) is 0 Å². The number of carbonyl (C=O) groups is 2. The molecule has 0 atom stereocenters. The smallest absolute Gasteiger partial charge is 0.251 e. The van der Waals surface area contributed by atoms with E-state index in [1.807, 2.05) is 13.8 Å². The van der Waals surface area contributed by atoms with E-state index in [1.165, 1.54) is 0 Å². The first-order chi connectivity index (χ1) is 9.35. The van der Waals surface area contributed by atoms with Crippen molar-refractivity contribution in [2.75, 3.05) is 11.9 Å². The number of nitrogens with two attached hydrogens (primary N) is 1. The quantitative estimate of drug-likeness (QED) is 0.761. The summed E-state index contributed by atoms with van der Waals surface area (Å²) in [7, 11) is 0. The second-order valence-electron chi connectivity index (χ2n) is 6.02. The van der Waals surface area contributed by atoms with Crippen LogP contribution in [0.1, 0.15) is 37.0 Å². The molecule has 5 nitrogen and oxygen atoms in total. The number of anilines is 1. The molecule has 2 rings (SSSR count). The van der Waals surface area contributed by atoms with E-state index in [2.05, 4.69) is 10.6 Å². The highest BCUT2D eigenvalue weighted by Gasteiger charge is 2.29. The zero-order valence-corrected chi connectivity index (χ0v) is 11.9. The van der Waals surface area contributed by atoms with E-state index in [1.54, 1.807) is 24.3 Å². The van der Waals surface area contributed by atoms with Gasteiger partial charge in [0.2, 0.25) is 5.91 Å². The van der Waals surface area contributed by atoms with Crippen LogP contribution in [-0.4, -0.2) is 23.9 Å². The molecule has 20 heavy (non-hydrogen) atoms. The first-order valence-electron chi connectivity index (χ1n) is 6.83. The zero-order valence-electron chi connectivity index (χ0n) is 11.9. The van der Waals surface area contributed by atoms with E-state index >= 15 is 0 Å². The average molecular weight is 275 g/mol. The normalized spacial score (nSPS) is 14.8. The first-order valence-corrected chi connectivity index (χ1v) is 6.83. The SMILES string of the molecule is CC(C)(N)CNC(=O)c1cccc(NC(=O)C2CC2)c1. The van der Waals surface area contributed by atoms with Crippen molar-refractivity contribution in [3.63, 3.8) is 0 Å². The third-order valence-corrected chi connectivity index (χ3v) is 3.04. The third-order valence-electron chi connectivity index (χ3n) is 3.04. The van der Waals surface area contributed by atoms with Gasteiger partial charge in [-0.3, -0.25) is 9.59 Å². The maximum Gasteiger partial charge on any atom is 0.251 e. The molecule has 4 N–H and O–H groups in total. The van der Waals surface area contributed by atoms with E-state index in [0.29, 0.717) is 17.8 Å². The van der Waals surface area contributed by atoms with Crippen LogP contribution in [-0.2, 0) is 4.79 Å². The van der Waals surface area contributed by atoms with Crippen molar-refractivity contribution in [1.29, 1.82) is 0 Å². The summed E-state index contributed by atoms with van der Waals surface area (Å²) < 4.78 is 0. The van der Waals surface area contributed by atoms with E-state index < -0.39 is 5.54 Å². The minimum Gasteiger partial charge on any atom is -0.350 e. The molecular weight excluding hydrogens is 254 g/mol. The standard InChI is InChI=1S/C15H21N3O2/c1-15(2,16)9-17-13(19)11-4-3-5-12(8-11)18-14(20)10-6-7-10/h3-5,8,10H,6-7,9,16H2,1-2H3,(H,17,19)(H,18,20). The molecule has 0 bridgehead atoms. The molecule has 2 amide bonds. The Balaban J connectivity index is 1.97. The topological polar surface area (TPSA) is 84.2 Å². The Morgan fingerprint density at radius 1 is 1.35 bits per heavy atom. The van der Waals surface area contributed by atoms with Crippen LogP contribution >= 0.6 is 0 Å². The van der Waals surface area contributed by atoms with Gasteiger partial charge in [0.15, 0.2) is 0 Å². The lowest BCUT2D eigenvalue weighted by Crippen LogP contribution is -2.45. The molecule has 0 spiro atoms. The Labute approximate surface area is 118 Å². The Bertz CT molecular complexity index is 516. The number of rotatable bonds is 5. The Hall–Kier alpha value is -1.88. The van der Waals surface area contributed by atoms with Gasteiger partial charge in [0, 0.05) is 29.3 Å². The predicted octanol–water partition coefficient (Wildman–Crippen LogP) is 1.50. The summed E-state index contributed by atoms with van der Waals surface area (Å²) in [5.74, 6) is -0.0118. The van der Waals surface area contributed by atoms with E-state index in [-0.39, 0.29) is 17.7 Å². The summed E-state index contributed by atoms with van der Waals surface area (Å²) in [4.78, 5) is 23.7. The van der Waals surface area contributed by atoms with Gasteiger partial charge in [0.25, 0.3) is 5.91 Å². The van der Waals surface area contributed by atoms with Crippen molar-refractivity contribution in [2.24, 2.45) is 11.7 Å². The summed E-state index contributed by atoms with van der Waals surface area (Å²) in [5.41, 5.74) is 6.55. The van der Waals surface area contributed by atoms with Gasteiger partial charge in [-0.1, -0.05) is 6.07 Å². The lowest BCUT2D eigenvalue weighted by Gasteiger charge is -2.19. The Morgan fingerprint density at radius 3 is 2.65 bits per heavy atom. The second kappa shape index (κ2) is 5.63. The molecule has 5 heteroatoms. The van der Waals surface area contributed by atoms with Gasteiger partial charge < -0.3 is 16.4 Å². The molecule has 1 aromatic rings. The van der Waals surface area contributed by atoms with Crippen molar-refractivity contribution < 1.29 is 9.59 Å². The lowest BCUT2D eigenvalue weighted by molar-refractivity contribution is -0.117. The summed E-state index contributed by atoms with van der Waals surface area (Å²) in [6.45, 7) is 4.09. The molecule has 0 radical (unpaired) electrons. The van der Waals surface area contributed by atoms with Gasteiger partial charge in [0.1, 0.15) is 0 Å². The molecule has 0 aliphatic heterocycles. The molecule has 108 valence electrons. The number of hydrogen-bond donors (Lipinski definition) is 3. The average Bonchev–Trinajstić information content (AvgIpc) is 3.19. The second-order valence-corrected chi connectivity index (χ2v) is 6.02. The largest absolute Gasteiger partial charge is 0.350 e. The van der Waals surface area contributed by atoms with Crippen LogP contribution in [0.4, 0.5) is 5.69 Å². The first kappa shape index (κ1) is 14.5. The minimum absolute atomic E-state index is 0.0330. The molecule has 1 fully saturated rings. The van der Waals surface area contributed by atoms with Crippen LogP contribution in [0.25, 0.3) is 0 Å². The Kier molecular flexibility index (Phi) is 4.09. The third kappa shape index (κ3) is 4.35. The summed E-state index contributed by atoms with van der Waals surface area (Å²) in [6, 6.07) is 6.93. The van der Waals surface area contributed by atoms with Crippen LogP contribution < -0.4 is 16.4 Å². The number of amides is 2. The van der Waals surface area contributed by atoms with Gasteiger partial charge in [-0.2, -0.15) is 0 Å². The summed E-state index contributed by atoms with van der Waals surface area (Å²) >= 11 is 0. The number of hydrogen-bond acceptors (Lipinski definition) is 3. The van der Waals surface area contributed by atoms with E-state index in [4.69, 9.17) is 5.73 Å². The summed E-state index contributed by atoms with van der Waals surface area (Å²) in [6.07, 6.45) is 1.91. The van der Waals surface area contributed by atoms with E-state index in [9.17, 15) is 9.59 Å². The highest BCUT2D eigenvalue weighted by molar-refractivity contribution is 5.98. The van der Waals surface area contributed by atoms with Crippen LogP contribution in [0.3, 0.4) is 0 Å². The minimum atomic E-state index is -0.451. The maximum atomic E-state index is 12.0. The van der Waals surface area contributed by atoms with Crippen LogP contribution in [0.2, 0.25) is 0 Å². The van der Waals surface area contributed by atoms with Crippen molar-refractivity contribution in [2.45, 2.75) is 32.2 Å². The fourth-order valence-corrected chi connectivity index (χ4v) is 1.74. The van der Waals surface area contributed by atoms with Crippen LogP contribution in [0.5, 0.6) is 0 Å². The molecule has 0 saturated heterocycles. The van der Waals surface area contributed by atoms with Gasteiger partial charge in [0.05, 0.1) is 0 Å². The highest BCUT2D eigenvalue weighted by atomic mass is 16.2. The molecule has 1 saturated carbocycles. The molecule has 0 heterocycles. The van der Waals surface area contributed by atoms with Gasteiger partial charge >= 0.3 is 0 Å². The van der Waals surface area contributed by atoms with Gasteiger partial charge in [-0.05, 0) is 44.9 Å². The molecule has 0 unspecified atom stereocenters. The van der Waals surface area contributed by atoms with Crippen LogP contribution in [0, 0.1) is 5.92 Å². The van der Waals surface area contributed by atoms with Crippen LogP contribution in [0.15, 0.2) is 24.3 Å². The molecule has 1 aromatic carbocycles. The number of nitrogens with one attached hydrogen (secondary N) is 2. The summed E-state index contributed by atoms with van der Waals surface area (Å²) in [5, 5.41) is 5.61. The number of benzene rings is 1. The fraction of sp³-hybridized carbons (Fsp3) is 0.467. The lowest BCUT2D eigenvalue weighted by atomic mass is 10.1. The van der Waals surface area contributed by atoms with Crippen molar-refractivity contribution in [1.82, 2.24) is 5.32 Å². The maximum absolute atomic E-state index is 12.0. The van der Waals surface area contributed by atoms with Crippen molar-refractivity contribution in [3.8, 4) is 0 Å². The van der Waals surface area contributed by atoms with E-state index in [0.717, 1.165) is 12.8 Å². The monoisotopic (exact) mass is 275 g/mol. The molecule has 0 aromatic heterocycles. The van der Waals surface area contributed by atoms with Crippen molar-refractivity contribution in [3.05, 3.63) is 29.8 Å². The van der Waals surface area contributed by atoms with Gasteiger partial charge in [-0.25, -0.2) is 0 Å². The highest BCUT2D eigenvalue weighted by Crippen LogP contribution is 2.30. The molecule has 1 aliphatic carbocycles. The fourth-order valence-electron chi connectivity index (χ4n) is 1.74. The zero-order chi connectivity index (χ0) is 14.8. The predicted molar refractivity (Wildman–Crippen MR) is 78.4 cm³/mol. The number of carbonyl (C=O) groups excluding carboxylic acids is 2. The Morgan fingerprint density at radius 2 is 2.05 bits per heavy atom. The molecular formula is C15H21N3O2. The molecule has 1 aliphatic rings. The van der Waals surface area contributed by atoms with Crippen molar-refractivity contribution >= 4 is 17.5 Å².